The lowest BCUT2D eigenvalue weighted by Crippen LogP contribution is -2.24. The van der Waals surface area contributed by atoms with Crippen molar-refractivity contribution in [3.05, 3.63) is 59.8 Å². The third-order valence-electron chi connectivity index (χ3n) is 2.97. The largest absolute Gasteiger partial charge is 0.481 e. The maximum atomic E-state index is 9.47. The van der Waals surface area contributed by atoms with Crippen LogP contribution in [0.2, 0.25) is 0 Å². The SMILES string of the molecule is COc1ncccc1CNC(CO)c1ccccc1. The van der Waals surface area contributed by atoms with Crippen molar-refractivity contribution in [3.63, 3.8) is 0 Å². The van der Waals surface area contributed by atoms with Crippen LogP contribution in [0.25, 0.3) is 0 Å². The Morgan fingerprint density at radius 1 is 1.21 bits per heavy atom. The third-order valence-corrected chi connectivity index (χ3v) is 2.97. The number of ether oxygens (including phenoxy) is 1. The minimum Gasteiger partial charge on any atom is -0.481 e. The maximum Gasteiger partial charge on any atom is 0.217 e. The number of aliphatic hydroxyl groups excluding tert-OH is 1. The average molecular weight is 258 g/mol. The van der Waals surface area contributed by atoms with Crippen molar-refractivity contribution in [2.75, 3.05) is 13.7 Å². The summed E-state index contributed by atoms with van der Waals surface area (Å²) in [5.74, 6) is 0.611. The topological polar surface area (TPSA) is 54.4 Å². The van der Waals surface area contributed by atoms with Crippen LogP contribution in [0.15, 0.2) is 48.7 Å². The molecule has 100 valence electrons. The highest BCUT2D eigenvalue weighted by Gasteiger charge is 2.10. The number of rotatable bonds is 6. The summed E-state index contributed by atoms with van der Waals surface area (Å²) in [6, 6.07) is 13.6. The number of hydrogen-bond donors (Lipinski definition) is 2. The van der Waals surface area contributed by atoms with Gasteiger partial charge < -0.3 is 15.2 Å². The van der Waals surface area contributed by atoms with Gasteiger partial charge in [-0.1, -0.05) is 36.4 Å². The number of hydrogen-bond acceptors (Lipinski definition) is 4. The number of methoxy groups -OCH3 is 1. The quantitative estimate of drug-likeness (QED) is 0.831. The van der Waals surface area contributed by atoms with Crippen molar-refractivity contribution >= 4 is 0 Å². The van der Waals surface area contributed by atoms with Gasteiger partial charge in [-0.3, -0.25) is 0 Å². The Morgan fingerprint density at radius 3 is 2.68 bits per heavy atom. The summed E-state index contributed by atoms with van der Waals surface area (Å²) in [4.78, 5) is 4.15. The van der Waals surface area contributed by atoms with E-state index in [0.29, 0.717) is 12.4 Å². The number of pyridine rings is 1. The second kappa shape index (κ2) is 6.87. The van der Waals surface area contributed by atoms with Crippen molar-refractivity contribution in [3.8, 4) is 5.88 Å². The summed E-state index contributed by atoms with van der Waals surface area (Å²) in [6.45, 7) is 0.643. The van der Waals surface area contributed by atoms with Crippen molar-refractivity contribution in [1.29, 1.82) is 0 Å². The highest BCUT2D eigenvalue weighted by Crippen LogP contribution is 2.16. The molecule has 1 aromatic heterocycles. The summed E-state index contributed by atoms with van der Waals surface area (Å²) in [5.41, 5.74) is 2.03. The van der Waals surface area contributed by atoms with Crippen LogP contribution in [0.3, 0.4) is 0 Å². The molecule has 1 aromatic carbocycles. The summed E-state index contributed by atoms with van der Waals surface area (Å²) in [5, 5.41) is 12.8. The van der Waals surface area contributed by atoms with Crippen LogP contribution in [0.1, 0.15) is 17.2 Å². The van der Waals surface area contributed by atoms with E-state index >= 15 is 0 Å². The van der Waals surface area contributed by atoms with E-state index in [1.165, 1.54) is 0 Å². The Balaban J connectivity index is 2.04. The van der Waals surface area contributed by atoms with E-state index in [1.54, 1.807) is 13.3 Å². The van der Waals surface area contributed by atoms with Gasteiger partial charge in [0, 0.05) is 18.3 Å². The second-order valence-corrected chi connectivity index (χ2v) is 4.20. The van der Waals surface area contributed by atoms with Gasteiger partial charge in [-0.25, -0.2) is 4.98 Å². The summed E-state index contributed by atoms with van der Waals surface area (Å²) in [6.07, 6.45) is 1.70. The van der Waals surface area contributed by atoms with E-state index in [0.717, 1.165) is 11.1 Å². The van der Waals surface area contributed by atoms with Crippen LogP contribution < -0.4 is 10.1 Å². The molecule has 0 saturated heterocycles. The summed E-state index contributed by atoms with van der Waals surface area (Å²) in [7, 11) is 1.60. The van der Waals surface area contributed by atoms with Gasteiger partial charge in [-0.2, -0.15) is 0 Å². The van der Waals surface area contributed by atoms with E-state index < -0.39 is 0 Å². The molecule has 1 unspecified atom stereocenters. The minimum atomic E-state index is -0.0916. The van der Waals surface area contributed by atoms with Crippen LogP contribution >= 0.6 is 0 Å². The number of nitrogens with zero attached hydrogens (tertiary/aromatic N) is 1. The Labute approximate surface area is 113 Å². The molecule has 2 rings (SSSR count). The molecule has 0 saturated carbocycles. The van der Waals surface area contributed by atoms with Crippen LogP contribution in [-0.2, 0) is 6.54 Å². The van der Waals surface area contributed by atoms with Crippen molar-refractivity contribution in [2.24, 2.45) is 0 Å². The van der Waals surface area contributed by atoms with Crippen molar-refractivity contribution < 1.29 is 9.84 Å². The Hall–Kier alpha value is -1.91. The van der Waals surface area contributed by atoms with Crippen molar-refractivity contribution in [1.82, 2.24) is 10.3 Å². The van der Waals surface area contributed by atoms with Crippen LogP contribution in [0.5, 0.6) is 5.88 Å². The summed E-state index contributed by atoms with van der Waals surface area (Å²) >= 11 is 0. The van der Waals surface area contributed by atoms with E-state index in [4.69, 9.17) is 4.74 Å². The fourth-order valence-electron chi connectivity index (χ4n) is 1.95. The Morgan fingerprint density at radius 2 is 2.00 bits per heavy atom. The van der Waals surface area contributed by atoms with E-state index in [2.05, 4.69) is 10.3 Å². The molecule has 4 nitrogen and oxygen atoms in total. The molecule has 0 aliphatic rings. The Kier molecular flexibility index (Phi) is 4.89. The first-order valence-corrected chi connectivity index (χ1v) is 6.22. The van der Waals surface area contributed by atoms with E-state index in [-0.39, 0.29) is 12.6 Å². The highest BCUT2D eigenvalue weighted by atomic mass is 16.5. The third kappa shape index (κ3) is 3.53. The first-order valence-electron chi connectivity index (χ1n) is 6.22. The van der Waals surface area contributed by atoms with Gasteiger partial charge in [-0.05, 0) is 11.6 Å². The van der Waals surface area contributed by atoms with Gasteiger partial charge in [0.1, 0.15) is 0 Å². The monoisotopic (exact) mass is 258 g/mol. The zero-order chi connectivity index (χ0) is 13.5. The molecule has 4 heteroatoms. The number of aromatic nitrogens is 1. The van der Waals surface area contributed by atoms with E-state index in [1.807, 2.05) is 42.5 Å². The lowest BCUT2D eigenvalue weighted by atomic mass is 10.1. The van der Waals surface area contributed by atoms with E-state index in [9.17, 15) is 5.11 Å². The second-order valence-electron chi connectivity index (χ2n) is 4.20. The molecule has 0 fully saturated rings. The molecule has 0 aliphatic carbocycles. The molecule has 0 aliphatic heterocycles. The molecule has 2 aromatic rings. The zero-order valence-corrected chi connectivity index (χ0v) is 10.9. The smallest absolute Gasteiger partial charge is 0.217 e. The molecule has 19 heavy (non-hydrogen) atoms. The molecule has 0 bridgehead atoms. The van der Waals surface area contributed by atoms with Gasteiger partial charge in [0.05, 0.1) is 19.8 Å². The van der Waals surface area contributed by atoms with Crippen LogP contribution in [-0.4, -0.2) is 23.8 Å². The number of aliphatic hydroxyl groups is 1. The standard InChI is InChI=1S/C15H18N2O2/c1-19-15-13(8-5-9-16-15)10-17-14(11-18)12-6-3-2-4-7-12/h2-9,14,17-18H,10-11H2,1H3. The Bertz CT molecular complexity index is 503. The van der Waals surface area contributed by atoms with Crippen molar-refractivity contribution in [2.45, 2.75) is 12.6 Å². The molecular weight excluding hydrogens is 240 g/mol. The molecule has 2 N–H and O–H groups in total. The van der Waals surface area contributed by atoms with Gasteiger partial charge >= 0.3 is 0 Å². The summed E-state index contributed by atoms with van der Waals surface area (Å²) < 4.78 is 5.20. The van der Waals surface area contributed by atoms with Gasteiger partial charge in [-0.15, -0.1) is 0 Å². The van der Waals surface area contributed by atoms with Gasteiger partial charge in [0.2, 0.25) is 5.88 Å². The molecular formula is C15H18N2O2. The number of benzene rings is 1. The lowest BCUT2D eigenvalue weighted by Gasteiger charge is -2.17. The molecule has 1 atom stereocenters. The van der Waals surface area contributed by atoms with Gasteiger partial charge in [0.25, 0.3) is 0 Å². The average Bonchev–Trinajstić information content (AvgIpc) is 2.49. The highest BCUT2D eigenvalue weighted by molar-refractivity contribution is 5.26. The predicted octanol–water partition coefficient (Wildman–Crippen LogP) is 1.91. The van der Waals surface area contributed by atoms with Crippen LogP contribution in [0, 0.1) is 0 Å². The maximum absolute atomic E-state index is 9.47. The molecule has 0 spiro atoms. The van der Waals surface area contributed by atoms with Crippen LogP contribution in [0.4, 0.5) is 0 Å². The predicted molar refractivity (Wildman–Crippen MR) is 73.9 cm³/mol. The first kappa shape index (κ1) is 13.5. The fourth-order valence-corrected chi connectivity index (χ4v) is 1.95. The number of nitrogens with one attached hydrogen (secondary N) is 1. The van der Waals surface area contributed by atoms with Gasteiger partial charge in [0.15, 0.2) is 0 Å². The first-order chi connectivity index (χ1) is 9.35. The minimum absolute atomic E-state index is 0.0482. The fraction of sp³-hybridized carbons (Fsp3) is 0.267. The lowest BCUT2D eigenvalue weighted by molar-refractivity contribution is 0.243. The molecule has 0 amide bonds. The molecule has 0 radical (unpaired) electrons. The zero-order valence-electron chi connectivity index (χ0n) is 10.9. The normalized spacial score (nSPS) is 12.1. The molecule has 1 heterocycles.